The molecular weight excluding hydrogens is 170 g/mol. The number of rotatable bonds is 6. The summed E-state index contributed by atoms with van der Waals surface area (Å²) in [6.45, 7) is 1.17. The summed E-state index contributed by atoms with van der Waals surface area (Å²) in [5, 5.41) is 19.3. The van der Waals surface area contributed by atoms with Gasteiger partial charge in [-0.15, -0.1) is 0 Å². The molecule has 0 rings (SSSR count). The molecule has 0 aliphatic heterocycles. The Bertz CT molecular complexity index is 188. The predicted octanol–water partition coefficient (Wildman–Crippen LogP) is -1.06. The van der Waals surface area contributed by atoms with Crippen LogP contribution in [0.5, 0.6) is 0 Å². The largest absolute Gasteiger partial charge is 0.395 e. The predicted molar refractivity (Wildman–Crippen MR) is 47.8 cm³/mol. The number of hydrogen-bond acceptors (Lipinski definition) is 4. The molecule has 5 nitrogen and oxygen atoms in total. The third-order valence-electron chi connectivity index (χ3n) is 1.45. The average molecular weight is 185 g/mol. The van der Waals surface area contributed by atoms with Crippen LogP contribution in [0.1, 0.15) is 6.42 Å². The molecule has 0 saturated carbocycles. The van der Waals surface area contributed by atoms with Gasteiger partial charge in [0, 0.05) is 13.1 Å². The Kier molecular flexibility index (Phi) is 6.88. The molecule has 0 bridgehead atoms. The maximum Gasteiger partial charge on any atom is 0.234 e. The fourth-order valence-electron chi connectivity index (χ4n) is 0.809. The number of carbonyl (C=O) groups is 1. The van der Waals surface area contributed by atoms with Crippen molar-refractivity contribution >= 4 is 5.91 Å². The number of nitriles is 1. The zero-order valence-corrected chi connectivity index (χ0v) is 7.79. The molecule has 0 radical (unpaired) electrons. The SMILES string of the molecule is CN(CCO)CC(=O)NCCC#N. The number of amides is 1. The van der Waals surface area contributed by atoms with Crippen LogP contribution in [0.3, 0.4) is 0 Å². The maximum atomic E-state index is 11.1. The minimum Gasteiger partial charge on any atom is -0.395 e. The quantitative estimate of drug-likeness (QED) is 0.517. The van der Waals surface area contributed by atoms with E-state index >= 15 is 0 Å². The smallest absolute Gasteiger partial charge is 0.234 e. The second-order valence-corrected chi connectivity index (χ2v) is 2.72. The van der Waals surface area contributed by atoms with E-state index < -0.39 is 0 Å². The maximum absolute atomic E-state index is 11.1. The van der Waals surface area contributed by atoms with Gasteiger partial charge in [-0.25, -0.2) is 0 Å². The van der Waals surface area contributed by atoms with Gasteiger partial charge in [0.05, 0.1) is 25.6 Å². The molecular formula is C8H15N3O2. The summed E-state index contributed by atoms with van der Waals surface area (Å²) in [4.78, 5) is 12.8. The Morgan fingerprint density at radius 3 is 2.92 bits per heavy atom. The van der Waals surface area contributed by atoms with Crippen LogP contribution in [0, 0.1) is 11.3 Å². The molecule has 0 heterocycles. The van der Waals surface area contributed by atoms with Crippen LogP contribution < -0.4 is 5.32 Å². The number of nitrogens with zero attached hydrogens (tertiary/aromatic N) is 2. The van der Waals surface area contributed by atoms with Crippen LogP contribution in [0.4, 0.5) is 0 Å². The van der Waals surface area contributed by atoms with Gasteiger partial charge in [-0.05, 0) is 7.05 Å². The van der Waals surface area contributed by atoms with E-state index in [1.54, 1.807) is 11.9 Å². The van der Waals surface area contributed by atoms with Gasteiger partial charge in [0.15, 0.2) is 0 Å². The van der Waals surface area contributed by atoms with E-state index in [4.69, 9.17) is 10.4 Å². The van der Waals surface area contributed by atoms with Gasteiger partial charge in [-0.2, -0.15) is 5.26 Å². The monoisotopic (exact) mass is 185 g/mol. The van der Waals surface area contributed by atoms with Crippen molar-refractivity contribution in [3.8, 4) is 6.07 Å². The molecule has 74 valence electrons. The van der Waals surface area contributed by atoms with E-state index in [1.165, 1.54) is 0 Å². The lowest BCUT2D eigenvalue weighted by Crippen LogP contribution is -2.36. The summed E-state index contributed by atoms with van der Waals surface area (Å²) in [7, 11) is 1.75. The zero-order valence-electron chi connectivity index (χ0n) is 7.79. The third kappa shape index (κ3) is 7.25. The molecule has 1 amide bonds. The Hall–Kier alpha value is -1.12. The van der Waals surface area contributed by atoms with Crippen molar-refractivity contribution in [2.75, 3.05) is 33.3 Å². The van der Waals surface area contributed by atoms with Crippen molar-refractivity contribution in [1.82, 2.24) is 10.2 Å². The van der Waals surface area contributed by atoms with E-state index in [9.17, 15) is 4.79 Å². The molecule has 2 N–H and O–H groups in total. The Morgan fingerprint density at radius 2 is 2.38 bits per heavy atom. The second kappa shape index (κ2) is 7.53. The first-order valence-corrected chi connectivity index (χ1v) is 4.13. The van der Waals surface area contributed by atoms with Crippen molar-refractivity contribution in [2.45, 2.75) is 6.42 Å². The average Bonchev–Trinajstić information content (AvgIpc) is 2.05. The molecule has 0 fully saturated rings. The van der Waals surface area contributed by atoms with Crippen LogP contribution >= 0.6 is 0 Å². The van der Waals surface area contributed by atoms with Crippen molar-refractivity contribution in [3.05, 3.63) is 0 Å². The highest BCUT2D eigenvalue weighted by Gasteiger charge is 2.04. The van der Waals surface area contributed by atoms with Crippen LogP contribution in [0.25, 0.3) is 0 Å². The molecule has 0 saturated heterocycles. The lowest BCUT2D eigenvalue weighted by atomic mass is 10.4. The summed E-state index contributed by atoms with van der Waals surface area (Å²) in [6.07, 6.45) is 0.329. The minimum atomic E-state index is -0.119. The fraction of sp³-hybridized carbons (Fsp3) is 0.750. The minimum absolute atomic E-state index is 0.0436. The number of aliphatic hydroxyl groups is 1. The van der Waals surface area contributed by atoms with Crippen LogP contribution in [-0.2, 0) is 4.79 Å². The first-order valence-electron chi connectivity index (χ1n) is 4.13. The van der Waals surface area contributed by atoms with Crippen molar-refractivity contribution in [3.63, 3.8) is 0 Å². The number of carbonyl (C=O) groups excluding carboxylic acids is 1. The molecule has 0 unspecified atom stereocenters. The van der Waals surface area contributed by atoms with Crippen molar-refractivity contribution in [2.24, 2.45) is 0 Å². The summed E-state index contributed by atoms with van der Waals surface area (Å²) in [6, 6.07) is 1.93. The summed E-state index contributed by atoms with van der Waals surface area (Å²) < 4.78 is 0. The van der Waals surface area contributed by atoms with E-state index in [0.717, 1.165) is 0 Å². The molecule has 5 heteroatoms. The van der Waals surface area contributed by atoms with Crippen LogP contribution in [0.2, 0.25) is 0 Å². The number of aliphatic hydroxyl groups excluding tert-OH is 1. The van der Waals surface area contributed by atoms with E-state index in [1.807, 2.05) is 6.07 Å². The van der Waals surface area contributed by atoms with Gasteiger partial charge >= 0.3 is 0 Å². The standard InChI is InChI=1S/C8H15N3O2/c1-11(5-6-12)7-8(13)10-4-2-3-9/h12H,2,4-7H2,1H3,(H,10,13). The van der Waals surface area contributed by atoms with Gasteiger partial charge in [0.25, 0.3) is 0 Å². The van der Waals surface area contributed by atoms with Gasteiger partial charge in [0.1, 0.15) is 0 Å². The molecule has 0 aromatic rings. The summed E-state index contributed by atoms with van der Waals surface area (Å²) >= 11 is 0. The first-order chi connectivity index (χ1) is 6.20. The van der Waals surface area contributed by atoms with Gasteiger partial charge < -0.3 is 10.4 Å². The molecule has 0 aliphatic rings. The lowest BCUT2D eigenvalue weighted by molar-refractivity contribution is -0.121. The molecule has 0 aromatic heterocycles. The van der Waals surface area contributed by atoms with Crippen LogP contribution in [0.15, 0.2) is 0 Å². The number of likely N-dealkylation sites (N-methyl/N-ethyl adjacent to an activating group) is 1. The lowest BCUT2D eigenvalue weighted by Gasteiger charge is -2.13. The van der Waals surface area contributed by atoms with Crippen LogP contribution in [-0.4, -0.2) is 49.2 Å². The molecule has 0 aromatic carbocycles. The Labute approximate surface area is 78.0 Å². The second-order valence-electron chi connectivity index (χ2n) is 2.72. The summed E-state index contributed by atoms with van der Waals surface area (Å²) in [5.74, 6) is -0.119. The topological polar surface area (TPSA) is 76.4 Å². The van der Waals surface area contributed by atoms with E-state index in [2.05, 4.69) is 5.32 Å². The van der Waals surface area contributed by atoms with Gasteiger partial charge in [-0.3, -0.25) is 9.69 Å². The molecule has 0 atom stereocenters. The molecule has 0 aliphatic carbocycles. The third-order valence-corrected chi connectivity index (χ3v) is 1.45. The van der Waals surface area contributed by atoms with Crippen molar-refractivity contribution in [1.29, 1.82) is 5.26 Å². The highest BCUT2D eigenvalue weighted by atomic mass is 16.3. The number of hydrogen-bond donors (Lipinski definition) is 2. The van der Waals surface area contributed by atoms with E-state index in [0.29, 0.717) is 19.5 Å². The van der Waals surface area contributed by atoms with Crippen molar-refractivity contribution < 1.29 is 9.90 Å². The molecule has 0 spiro atoms. The highest BCUT2D eigenvalue weighted by molar-refractivity contribution is 5.77. The normalized spacial score (nSPS) is 9.69. The highest BCUT2D eigenvalue weighted by Crippen LogP contribution is 1.80. The van der Waals surface area contributed by atoms with Gasteiger partial charge in [0.2, 0.25) is 5.91 Å². The van der Waals surface area contributed by atoms with Gasteiger partial charge in [-0.1, -0.05) is 0 Å². The van der Waals surface area contributed by atoms with E-state index in [-0.39, 0.29) is 19.1 Å². The molecule has 13 heavy (non-hydrogen) atoms. The fourth-order valence-corrected chi connectivity index (χ4v) is 0.809. The first kappa shape index (κ1) is 11.9. The zero-order chi connectivity index (χ0) is 10.1. The number of nitrogens with one attached hydrogen (secondary N) is 1. The Morgan fingerprint density at radius 1 is 1.69 bits per heavy atom. The summed E-state index contributed by atoms with van der Waals surface area (Å²) in [5.41, 5.74) is 0. The Balaban J connectivity index is 3.45.